The third-order valence-corrected chi connectivity index (χ3v) is 4.56. The number of nitrogens with zero attached hydrogens (tertiary/aromatic N) is 2. The Balaban J connectivity index is 1.79. The predicted molar refractivity (Wildman–Crippen MR) is 92.7 cm³/mol. The van der Waals surface area contributed by atoms with Gasteiger partial charge in [-0.05, 0) is 49.6 Å². The molecule has 3 aromatic rings. The van der Waals surface area contributed by atoms with E-state index < -0.39 is 0 Å². The second kappa shape index (κ2) is 6.97. The van der Waals surface area contributed by atoms with Gasteiger partial charge in [0.25, 0.3) is 0 Å². The number of aryl methyl sites for hydroxylation is 1. The van der Waals surface area contributed by atoms with Gasteiger partial charge in [-0.15, -0.1) is 11.3 Å². The number of hydrogen-bond donors (Lipinski definition) is 0. The van der Waals surface area contributed by atoms with Crippen molar-refractivity contribution in [1.29, 1.82) is 0 Å². The highest BCUT2D eigenvalue weighted by molar-refractivity contribution is 7.13. The average Bonchev–Trinajstić information content (AvgIpc) is 3.20. The fourth-order valence-electron chi connectivity index (χ4n) is 2.46. The molecule has 3 rings (SSSR count). The maximum atomic E-state index is 13.1. The van der Waals surface area contributed by atoms with Gasteiger partial charge < -0.3 is 9.32 Å². The van der Waals surface area contributed by atoms with Crippen molar-refractivity contribution in [2.24, 2.45) is 0 Å². The highest BCUT2D eigenvalue weighted by atomic mass is 32.1. The lowest BCUT2D eigenvalue weighted by molar-refractivity contribution is -0.118. The van der Waals surface area contributed by atoms with E-state index in [1.165, 1.54) is 23.5 Å². The third kappa shape index (κ3) is 3.38. The lowest BCUT2D eigenvalue weighted by atomic mass is 10.2. The van der Waals surface area contributed by atoms with E-state index >= 15 is 0 Å². The van der Waals surface area contributed by atoms with E-state index in [0.29, 0.717) is 29.6 Å². The van der Waals surface area contributed by atoms with Crippen LogP contribution in [0.15, 0.2) is 46.2 Å². The van der Waals surface area contributed by atoms with E-state index in [1.54, 1.807) is 24.0 Å². The number of amides is 1. The number of anilines is 1. The zero-order valence-corrected chi connectivity index (χ0v) is 14.3. The van der Waals surface area contributed by atoms with Gasteiger partial charge in [-0.25, -0.2) is 9.37 Å². The maximum Gasteiger partial charge on any atom is 0.236 e. The fraction of sp³-hybridized carbons (Fsp3) is 0.222. The SMILES string of the molecule is CCN(C(=O)Cc1nc(-c2cccs2)oc1C)c1ccc(F)cc1. The molecule has 1 aromatic carbocycles. The topological polar surface area (TPSA) is 46.3 Å². The molecule has 24 heavy (non-hydrogen) atoms. The summed E-state index contributed by atoms with van der Waals surface area (Å²) < 4.78 is 18.7. The standard InChI is InChI=1S/C18H17FN2O2S/c1-3-21(14-8-6-13(19)7-9-14)17(22)11-15-12(2)23-18(20-15)16-5-4-10-24-16/h4-10H,3,11H2,1-2H3. The van der Waals surface area contributed by atoms with Gasteiger partial charge in [0.2, 0.25) is 11.8 Å². The zero-order valence-electron chi connectivity index (χ0n) is 13.5. The number of halogens is 1. The Labute approximate surface area is 143 Å². The van der Waals surface area contributed by atoms with Crippen LogP contribution in [0.5, 0.6) is 0 Å². The second-order valence-electron chi connectivity index (χ2n) is 5.29. The molecule has 0 saturated carbocycles. The average molecular weight is 344 g/mol. The molecule has 1 amide bonds. The van der Waals surface area contributed by atoms with Crippen LogP contribution in [0, 0.1) is 12.7 Å². The van der Waals surface area contributed by atoms with Gasteiger partial charge in [-0.2, -0.15) is 0 Å². The molecule has 0 aliphatic heterocycles. The van der Waals surface area contributed by atoms with Gasteiger partial charge in [0.15, 0.2) is 0 Å². The molecule has 0 aliphatic rings. The van der Waals surface area contributed by atoms with E-state index in [9.17, 15) is 9.18 Å². The van der Waals surface area contributed by atoms with Gasteiger partial charge >= 0.3 is 0 Å². The minimum Gasteiger partial charge on any atom is -0.440 e. The number of likely N-dealkylation sites (N-methyl/N-ethyl adjacent to an activating group) is 1. The number of hydrogen-bond acceptors (Lipinski definition) is 4. The molecule has 0 N–H and O–H groups in total. The minimum atomic E-state index is -0.324. The molecular formula is C18H17FN2O2S. The number of benzene rings is 1. The molecule has 124 valence electrons. The summed E-state index contributed by atoms with van der Waals surface area (Å²) in [7, 11) is 0. The van der Waals surface area contributed by atoms with Gasteiger partial charge in [0.1, 0.15) is 11.6 Å². The first-order valence-corrected chi connectivity index (χ1v) is 8.52. The Morgan fingerprint density at radius 2 is 2.04 bits per heavy atom. The van der Waals surface area contributed by atoms with Gasteiger partial charge in [-0.3, -0.25) is 4.79 Å². The molecule has 0 radical (unpaired) electrons. The molecule has 4 nitrogen and oxygen atoms in total. The molecule has 0 unspecified atom stereocenters. The largest absolute Gasteiger partial charge is 0.440 e. The summed E-state index contributed by atoms with van der Waals surface area (Å²) in [4.78, 5) is 19.6. The summed E-state index contributed by atoms with van der Waals surface area (Å²) >= 11 is 1.54. The van der Waals surface area contributed by atoms with E-state index in [4.69, 9.17) is 4.42 Å². The Morgan fingerprint density at radius 1 is 1.29 bits per heavy atom. The first-order chi connectivity index (χ1) is 11.6. The van der Waals surface area contributed by atoms with Crippen LogP contribution >= 0.6 is 11.3 Å². The van der Waals surface area contributed by atoms with Crippen molar-refractivity contribution in [3.63, 3.8) is 0 Å². The summed E-state index contributed by atoms with van der Waals surface area (Å²) in [6.45, 7) is 4.19. The summed E-state index contributed by atoms with van der Waals surface area (Å²) in [5.41, 5.74) is 1.30. The predicted octanol–water partition coefficient (Wildman–Crippen LogP) is 4.45. The van der Waals surface area contributed by atoms with Crippen LogP contribution in [0.3, 0.4) is 0 Å². The number of oxazole rings is 1. The van der Waals surface area contributed by atoms with Crippen molar-refractivity contribution in [3.05, 3.63) is 59.0 Å². The van der Waals surface area contributed by atoms with Crippen LogP contribution in [0.2, 0.25) is 0 Å². The summed E-state index contributed by atoms with van der Waals surface area (Å²) in [6, 6.07) is 9.76. The molecule has 0 aliphatic carbocycles. The Morgan fingerprint density at radius 3 is 2.67 bits per heavy atom. The summed E-state index contributed by atoms with van der Waals surface area (Å²) in [5.74, 6) is 0.755. The van der Waals surface area contributed by atoms with Crippen LogP contribution in [0.4, 0.5) is 10.1 Å². The fourth-order valence-corrected chi connectivity index (χ4v) is 3.11. The van der Waals surface area contributed by atoms with Crippen molar-refractivity contribution in [2.75, 3.05) is 11.4 Å². The normalized spacial score (nSPS) is 10.8. The van der Waals surface area contributed by atoms with Crippen LogP contribution in [-0.4, -0.2) is 17.4 Å². The molecular weight excluding hydrogens is 327 g/mol. The molecule has 0 spiro atoms. The van der Waals surface area contributed by atoms with E-state index in [-0.39, 0.29) is 18.1 Å². The van der Waals surface area contributed by atoms with Crippen LogP contribution < -0.4 is 4.90 Å². The van der Waals surface area contributed by atoms with Crippen molar-refractivity contribution in [1.82, 2.24) is 4.98 Å². The van der Waals surface area contributed by atoms with Crippen molar-refractivity contribution in [2.45, 2.75) is 20.3 Å². The lowest BCUT2D eigenvalue weighted by Gasteiger charge is -2.20. The first-order valence-electron chi connectivity index (χ1n) is 7.64. The second-order valence-corrected chi connectivity index (χ2v) is 6.24. The number of rotatable bonds is 5. The smallest absolute Gasteiger partial charge is 0.236 e. The molecule has 0 bridgehead atoms. The monoisotopic (exact) mass is 344 g/mol. The van der Waals surface area contributed by atoms with E-state index in [2.05, 4.69) is 4.98 Å². The van der Waals surface area contributed by atoms with Crippen LogP contribution in [-0.2, 0) is 11.2 Å². The lowest BCUT2D eigenvalue weighted by Crippen LogP contribution is -2.32. The number of thiophene rings is 1. The van der Waals surface area contributed by atoms with Crippen molar-refractivity contribution >= 4 is 22.9 Å². The van der Waals surface area contributed by atoms with Gasteiger partial charge in [-0.1, -0.05) is 6.07 Å². The number of carbonyl (C=O) groups excluding carboxylic acids is 1. The molecule has 0 atom stereocenters. The van der Waals surface area contributed by atoms with E-state index in [1.807, 2.05) is 24.4 Å². The van der Waals surface area contributed by atoms with Crippen molar-refractivity contribution < 1.29 is 13.6 Å². The Hall–Kier alpha value is -2.47. The minimum absolute atomic E-state index is 0.0989. The van der Waals surface area contributed by atoms with Gasteiger partial charge in [0.05, 0.1) is 17.0 Å². The third-order valence-electron chi connectivity index (χ3n) is 3.70. The molecule has 6 heteroatoms. The van der Waals surface area contributed by atoms with Crippen molar-refractivity contribution in [3.8, 4) is 10.8 Å². The first kappa shape index (κ1) is 16.4. The highest BCUT2D eigenvalue weighted by Crippen LogP contribution is 2.26. The Kier molecular flexibility index (Phi) is 4.76. The highest BCUT2D eigenvalue weighted by Gasteiger charge is 2.19. The summed E-state index contributed by atoms with van der Waals surface area (Å²) in [5, 5.41) is 1.95. The number of carbonyl (C=O) groups is 1. The van der Waals surface area contributed by atoms with Crippen LogP contribution in [0.25, 0.3) is 10.8 Å². The molecule has 0 saturated heterocycles. The summed E-state index contributed by atoms with van der Waals surface area (Å²) in [6.07, 6.45) is 0.145. The molecule has 2 aromatic heterocycles. The zero-order chi connectivity index (χ0) is 17.1. The quantitative estimate of drug-likeness (QED) is 0.687. The molecule has 2 heterocycles. The maximum absolute atomic E-state index is 13.1. The molecule has 0 fully saturated rings. The van der Waals surface area contributed by atoms with Gasteiger partial charge in [0, 0.05) is 12.2 Å². The van der Waals surface area contributed by atoms with E-state index in [0.717, 1.165) is 4.88 Å². The number of aromatic nitrogens is 1. The Bertz CT molecular complexity index is 825. The van der Waals surface area contributed by atoms with Crippen LogP contribution in [0.1, 0.15) is 18.4 Å².